The first kappa shape index (κ1) is 15.1. The van der Waals surface area contributed by atoms with E-state index < -0.39 is 5.60 Å². The molecule has 0 bridgehead atoms. The molecule has 2 rings (SSSR count). The summed E-state index contributed by atoms with van der Waals surface area (Å²) in [7, 11) is 0. The van der Waals surface area contributed by atoms with Crippen LogP contribution in [-0.4, -0.2) is 25.9 Å². The third-order valence-corrected chi connectivity index (χ3v) is 4.07. The van der Waals surface area contributed by atoms with E-state index in [-0.39, 0.29) is 12.4 Å². The van der Waals surface area contributed by atoms with Crippen molar-refractivity contribution in [2.75, 3.05) is 0 Å². The Morgan fingerprint density at radius 1 is 1.25 bits per heavy atom. The quantitative estimate of drug-likeness (QED) is 0.815. The number of nitrogens with zero attached hydrogens (tertiary/aromatic N) is 3. The van der Waals surface area contributed by atoms with Crippen molar-refractivity contribution in [1.82, 2.24) is 14.3 Å². The van der Waals surface area contributed by atoms with Crippen LogP contribution in [0.25, 0.3) is 10.7 Å². The molecule has 0 saturated carbocycles. The molecule has 0 atom stereocenters. The second-order valence-electron chi connectivity index (χ2n) is 5.42. The monoisotopic (exact) mass is 311 g/mol. The fraction of sp³-hybridized carbons (Fsp3) is 0.538. The topological polar surface area (TPSA) is 65.0 Å². The molecule has 0 aliphatic rings. The van der Waals surface area contributed by atoms with Crippen LogP contribution in [0.1, 0.15) is 36.5 Å². The predicted octanol–water partition coefficient (Wildman–Crippen LogP) is 3.16. The molecular formula is C13H17N3O2S2. The molecule has 7 heteroatoms. The molecule has 0 radical (unpaired) electrons. The van der Waals surface area contributed by atoms with E-state index in [1.807, 2.05) is 34.6 Å². The fourth-order valence-electron chi connectivity index (χ4n) is 1.66. The van der Waals surface area contributed by atoms with Crippen molar-refractivity contribution in [3.05, 3.63) is 15.7 Å². The van der Waals surface area contributed by atoms with Crippen molar-refractivity contribution < 1.29 is 9.53 Å². The average molecular weight is 311 g/mol. The van der Waals surface area contributed by atoms with Gasteiger partial charge < -0.3 is 4.74 Å². The number of thiazole rings is 1. The van der Waals surface area contributed by atoms with Crippen molar-refractivity contribution in [1.29, 1.82) is 0 Å². The van der Waals surface area contributed by atoms with Gasteiger partial charge >= 0.3 is 5.97 Å². The molecule has 20 heavy (non-hydrogen) atoms. The van der Waals surface area contributed by atoms with Crippen LogP contribution < -0.4 is 0 Å². The van der Waals surface area contributed by atoms with Gasteiger partial charge in [-0.05, 0) is 46.2 Å². The molecule has 0 fully saturated rings. The third kappa shape index (κ3) is 3.83. The van der Waals surface area contributed by atoms with Crippen molar-refractivity contribution >= 4 is 28.8 Å². The van der Waals surface area contributed by atoms with E-state index in [0.29, 0.717) is 10.8 Å². The van der Waals surface area contributed by atoms with Crippen molar-refractivity contribution in [3.8, 4) is 10.7 Å². The number of aromatic nitrogens is 3. The van der Waals surface area contributed by atoms with E-state index in [4.69, 9.17) is 4.74 Å². The SMILES string of the molecule is Cc1nc(C)c(-c2nsc(CC(=O)OC(C)(C)C)n2)s1. The Morgan fingerprint density at radius 3 is 2.50 bits per heavy atom. The number of esters is 1. The highest BCUT2D eigenvalue weighted by molar-refractivity contribution is 7.15. The zero-order chi connectivity index (χ0) is 14.9. The molecular weight excluding hydrogens is 294 g/mol. The number of ether oxygens (including phenoxy) is 1. The summed E-state index contributed by atoms with van der Waals surface area (Å²) < 4.78 is 9.58. The summed E-state index contributed by atoms with van der Waals surface area (Å²) in [5.74, 6) is 0.370. The van der Waals surface area contributed by atoms with Crippen LogP contribution in [0.4, 0.5) is 0 Å². The minimum atomic E-state index is -0.476. The number of rotatable bonds is 3. The van der Waals surface area contributed by atoms with Crippen LogP contribution in [-0.2, 0) is 16.0 Å². The van der Waals surface area contributed by atoms with Crippen LogP contribution in [0.3, 0.4) is 0 Å². The first-order chi connectivity index (χ1) is 9.24. The first-order valence-corrected chi connectivity index (χ1v) is 7.82. The lowest BCUT2D eigenvalue weighted by Gasteiger charge is -2.18. The lowest BCUT2D eigenvalue weighted by atomic mass is 10.2. The zero-order valence-electron chi connectivity index (χ0n) is 12.2. The van der Waals surface area contributed by atoms with Crippen molar-refractivity contribution in [2.24, 2.45) is 0 Å². The van der Waals surface area contributed by atoms with E-state index in [1.54, 1.807) is 11.3 Å². The lowest BCUT2D eigenvalue weighted by Crippen LogP contribution is -2.24. The fourth-order valence-corrected chi connectivity index (χ4v) is 3.20. The van der Waals surface area contributed by atoms with Crippen LogP contribution in [0.2, 0.25) is 0 Å². The molecule has 5 nitrogen and oxygen atoms in total. The van der Waals surface area contributed by atoms with Gasteiger partial charge in [0.15, 0.2) is 5.82 Å². The van der Waals surface area contributed by atoms with Crippen molar-refractivity contribution in [2.45, 2.75) is 46.6 Å². The third-order valence-electron chi connectivity index (χ3n) is 2.29. The number of hydrogen-bond donors (Lipinski definition) is 0. The second-order valence-corrected chi connectivity index (χ2v) is 7.46. The number of aryl methyl sites for hydroxylation is 2. The Labute approximate surface area is 126 Å². The van der Waals surface area contributed by atoms with Gasteiger partial charge in [0.05, 0.1) is 22.0 Å². The highest BCUT2D eigenvalue weighted by Crippen LogP contribution is 2.28. The van der Waals surface area contributed by atoms with Gasteiger partial charge in [0.2, 0.25) is 0 Å². The molecule has 0 aromatic carbocycles. The summed E-state index contributed by atoms with van der Waals surface area (Å²) in [6.45, 7) is 9.43. The maximum absolute atomic E-state index is 11.8. The molecule has 0 aliphatic heterocycles. The number of carbonyl (C=O) groups excluding carboxylic acids is 1. The first-order valence-electron chi connectivity index (χ1n) is 6.23. The predicted molar refractivity (Wildman–Crippen MR) is 80.0 cm³/mol. The van der Waals surface area contributed by atoms with Gasteiger partial charge in [0, 0.05) is 0 Å². The highest BCUT2D eigenvalue weighted by Gasteiger charge is 2.19. The van der Waals surface area contributed by atoms with Crippen LogP contribution in [0.15, 0.2) is 0 Å². The summed E-state index contributed by atoms with van der Waals surface area (Å²) in [6.07, 6.45) is 0.159. The standard InChI is InChI=1S/C13H17N3O2S2/c1-7-11(19-8(2)14-7)12-15-9(20-16-12)6-10(17)18-13(3,4)5/h6H2,1-5H3. The minimum absolute atomic E-state index is 0.159. The Balaban J connectivity index is 2.10. The normalized spacial score (nSPS) is 11.7. The Hall–Kier alpha value is -1.34. The summed E-state index contributed by atoms with van der Waals surface area (Å²) in [5.41, 5.74) is 0.449. The summed E-state index contributed by atoms with van der Waals surface area (Å²) >= 11 is 2.80. The molecule has 0 aliphatic carbocycles. The van der Waals surface area contributed by atoms with Gasteiger partial charge in [-0.1, -0.05) is 0 Å². The number of carbonyl (C=O) groups is 1. The molecule has 0 saturated heterocycles. The lowest BCUT2D eigenvalue weighted by molar-refractivity contribution is -0.153. The molecule has 2 heterocycles. The van der Waals surface area contributed by atoms with Gasteiger partial charge in [-0.25, -0.2) is 9.97 Å². The van der Waals surface area contributed by atoms with Gasteiger partial charge in [0.1, 0.15) is 10.6 Å². The molecule has 0 amide bonds. The van der Waals surface area contributed by atoms with E-state index >= 15 is 0 Å². The summed E-state index contributed by atoms with van der Waals surface area (Å²) in [6, 6.07) is 0. The molecule has 2 aromatic heterocycles. The summed E-state index contributed by atoms with van der Waals surface area (Å²) in [5, 5.41) is 1.65. The highest BCUT2D eigenvalue weighted by atomic mass is 32.1. The maximum atomic E-state index is 11.8. The van der Waals surface area contributed by atoms with E-state index in [1.165, 1.54) is 11.5 Å². The van der Waals surface area contributed by atoms with Crippen LogP contribution >= 0.6 is 22.9 Å². The van der Waals surface area contributed by atoms with Gasteiger partial charge in [0.25, 0.3) is 0 Å². The van der Waals surface area contributed by atoms with Gasteiger partial charge in [-0.2, -0.15) is 4.37 Å². The minimum Gasteiger partial charge on any atom is -0.460 e. The van der Waals surface area contributed by atoms with E-state index in [2.05, 4.69) is 14.3 Å². The second kappa shape index (κ2) is 5.57. The average Bonchev–Trinajstić information content (AvgIpc) is 2.82. The zero-order valence-corrected chi connectivity index (χ0v) is 13.8. The van der Waals surface area contributed by atoms with Crippen LogP contribution in [0, 0.1) is 13.8 Å². The van der Waals surface area contributed by atoms with E-state index in [0.717, 1.165) is 15.6 Å². The van der Waals surface area contributed by atoms with E-state index in [9.17, 15) is 4.79 Å². The molecule has 0 unspecified atom stereocenters. The smallest absolute Gasteiger partial charge is 0.313 e. The molecule has 0 N–H and O–H groups in total. The Morgan fingerprint density at radius 2 is 1.95 bits per heavy atom. The number of hydrogen-bond acceptors (Lipinski definition) is 7. The Bertz CT molecular complexity index is 626. The summed E-state index contributed by atoms with van der Waals surface area (Å²) in [4.78, 5) is 21.5. The molecule has 0 spiro atoms. The molecule has 108 valence electrons. The largest absolute Gasteiger partial charge is 0.460 e. The van der Waals surface area contributed by atoms with Crippen LogP contribution in [0.5, 0.6) is 0 Å². The molecule has 2 aromatic rings. The van der Waals surface area contributed by atoms with Gasteiger partial charge in [-0.15, -0.1) is 11.3 Å². The Kier molecular flexibility index (Phi) is 4.19. The van der Waals surface area contributed by atoms with Gasteiger partial charge in [-0.3, -0.25) is 4.79 Å². The van der Waals surface area contributed by atoms with Crippen molar-refractivity contribution in [3.63, 3.8) is 0 Å². The maximum Gasteiger partial charge on any atom is 0.313 e.